The Hall–Kier alpha value is -1.60. The van der Waals surface area contributed by atoms with Gasteiger partial charge >= 0.3 is 5.97 Å². The molecular weight excluding hydrogens is 392 g/mol. The summed E-state index contributed by atoms with van der Waals surface area (Å²) in [4.78, 5) is 31.3. The molecule has 0 aliphatic carbocycles. The monoisotopic (exact) mass is 408 g/mol. The van der Waals surface area contributed by atoms with Crippen LogP contribution in [0.2, 0.25) is 0 Å². The number of nitrogens with zero attached hydrogens (tertiary/aromatic N) is 2. The summed E-state index contributed by atoms with van der Waals surface area (Å²) in [5, 5.41) is 0.497. The minimum absolute atomic E-state index is 0.0110. The van der Waals surface area contributed by atoms with Crippen LogP contribution in [0.15, 0.2) is 45.0 Å². The Bertz CT molecular complexity index is 758. The molecule has 2 heterocycles. The lowest BCUT2D eigenvalue weighted by molar-refractivity contribution is -0.137. The number of esters is 1. The zero-order valence-corrected chi connectivity index (χ0v) is 16.0. The van der Waals surface area contributed by atoms with Crippen molar-refractivity contribution in [2.45, 2.75) is 31.6 Å². The summed E-state index contributed by atoms with van der Waals surface area (Å²) in [7, 11) is 1.34. The lowest BCUT2D eigenvalue weighted by Gasteiger charge is -2.32. The SMILES string of the molecule is CC[C@@H]1SC2=NC(C)=C(C(=O)OC)[C@@H](c3ccc(Br)cc3)N2C1=O. The van der Waals surface area contributed by atoms with Gasteiger partial charge in [-0.2, -0.15) is 0 Å². The number of ether oxygens (including phenoxy) is 1. The highest BCUT2D eigenvalue weighted by Crippen LogP contribution is 2.44. The van der Waals surface area contributed by atoms with Gasteiger partial charge in [-0.3, -0.25) is 9.69 Å². The molecule has 0 N–H and O–H groups in total. The maximum Gasteiger partial charge on any atom is 0.338 e. The average Bonchev–Trinajstić information content (AvgIpc) is 2.89. The van der Waals surface area contributed by atoms with Crippen molar-refractivity contribution in [1.82, 2.24) is 4.90 Å². The molecule has 1 aromatic rings. The quantitative estimate of drug-likeness (QED) is 0.715. The van der Waals surface area contributed by atoms with E-state index in [9.17, 15) is 9.59 Å². The van der Waals surface area contributed by atoms with E-state index in [0.717, 1.165) is 16.5 Å². The molecule has 1 saturated heterocycles. The maximum atomic E-state index is 12.8. The fourth-order valence-electron chi connectivity index (χ4n) is 2.92. The number of halogens is 1. The molecule has 2 aliphatic heterocycles. The Balaban J connectivity index is 2.15. The van der Waals surface area contributed by atoms with Crippen molar-refractivity contribution in [2.75, 3.05) is 7.11 Å². The first-order chi connectivity index (χ1) is 11.5. The van der Waals surface area contributed by atoms with Crippen molar-refractivity contribution in [3.8, 4) is 0 Å². The topological polar surface area (TPSA) is 59.0 Å². The minimum atomic E-state index is -0.505. The van der Waals surface area contributed by atoms with Gasteiger partial charge in [0.05, 0.1) is 29.7 Å². The van der Waals surface area contributed by atoms with E-state index in [1.54, 1.807) is 11.8 Å². The number of methoxy groups -OCH3 is 1. The largest absolute Gasteiger partial charge is 0.466 e. The molecule has 0 spiro atoms. The third-order valence-corrected chi connectivity index (χ3v) is 5.96. The highest BCUT2D eigenvalue weighted by atomic mass is 79.9. The fourth-order valence-corrected chi connectivity index (χ4v) is 4.32. The number of carbonyl (C=O) groups excluding carboxylic acids is 2. The number of amidine groups is 1. The van der Waals surface area contributed by atoms with Gasteiger partial charge in [0.1, 0.15) is 0 Å². The molecule has 0 radical (unpaired) electrons. The minimum Gasteiger partial charge on any atom is -0.466 e. The first-order valence-electron chi connectivity index (χ1n) is 7.60. The van der Waals surface area contributed by atoms with Crippen LogP contribution in [0.4, 0.5) is 0 Å². The van der Waals surface area contributed by atoms with Crippen molar-refractivity contribution in [2.24, 2.45) is 4.99 Å². The normalized spacial score (nSPS) is 23.2. The molecule has 24 heavy (non-hydrogen) atoms. The van der Waals surface area contributed by atoms with Crippen LogP contribution < -0.4 is 0 Å². The summed E-state index contributed by atoms with van der Waals surface area (Å²) in [6, 6.07) is 7.11. The molecule has 126 valence electrons. The lowest BCUT2D eigenvalue weighted by atomic mass is 9.94. The van der Waals surface area contributed by atoms with Crippen LogP contribution in [0, 0.1) is 0 Å². The number of fused-ring (bicyclic) bond motifs is 1. The van der Waals surface area contributed by atoms with Crippen LogP contribution in [0.3, 0.4) is 0 Å². The zero-order valence-electron chi connectivity index (χ0n) is 13.6. The molecule has 0 saturated carbocycles. The molecule has 1 amide bonds. The molecule has 2 atom stereocenters. The smallest absolute Gasteiger partial charge is 0.338 e. The van der Waals surface area contributed by atoms with Crippen molar-refractivity contribution < 1.29 is 14.3 Å². The third kappa shape index (κ3) is 2.80. The number of rotatable bonds is 3. The maximum absolute atomic E-state index is 12.8. The van der Waals surface area contributed by atoms with Gasteiger partial charge in [-0.1, -0.05) is 46.7 Å². The molecule has 1 aromatic carbocycles. The van der Waals surface area contributed by atoms with Gasteiger partial charge in [0.25, 0.3) is 0 Å². The van der Waals surface area contributed by atoms with Crippen molar-refractivity contribution in [3.05, 3.63) is 45.6 Å². The summed E-state index contributed by atoms with van der Waals surface area (Å²) >= 11 is 4.88. The number of hydrogen-bond acceptors (Lipinski definition) is 5. The summed E-state index contributed by atoms with van der Waals surface area (Å²) in [6.07, 6.45) is 0.721. The predicted octanol–water partition coefficient (Wildman–Crippen LogP) is 3.66. The molecular formula is C17H17BrN2O3S. The first-order valence-corrected chi connectivity index (χ1v) is 9.28. The zero-order chi connectivity index (χ0) is 17.4. The summed E-state index contributed by atoms with van der Waals surface area (Å²) in [5.41, 5.74) is 1.86. The average molecular weight is 409 g/mol. The van der Waals surface area contributed by atoms with Crippen LogP contribution in [0.25, 0.3) is 0 Å². The fraction of sp³-hybridized carbons (Fsp3) is 0.353. The van der Waals surface area contributed by atoms with Crippen LogP contribution >= 0.6 is 27.7 Å². The molecule has 3 rings (SSSR count). The van der Waals surface area contributed by atoms with Crippen LogP contribution in [-0.2, 0) is 14.3 Å². The van der Waals surface area contributed by atoms with E-state index in [0.29, 0.717) is 16.4 Å². The molecule has 0 unspecified atom stereocenters. The number of benzene rings is 1. The van der Waals surface area contributed by atoms with Gasteiger partial charge < -0.3 is 4.74 Å². The Morgan fingerprint density at radius 2 is 2.04 bits per heavy atom. The standard InChI is InChI=1S/C17H17BrN2O3S/c1-4-12-15(21)20-14(10-5-7-11(18)8-6-10)13(16(22)23-3)9(2)19-17(20)24-12/h5-8,12,14H,4H2,1-3H3/t12-,14+/m0/s1. The molecule has 2 aliphatic rings. The molecule has 0 aromatic heterocycles. The second kappa shape index (κ2) is 6.72. The van der Waals surface area contributed by atoms with Crippen molar-refractivity contribution in [3.63, 3.8) is 0 Å². The lowest BCUT2D eigenvalue weighted by Crippen LogP contribution is -2.40. The number of thioether (sulfide) groups is 1. The van der Waals surface area contributed by atoms with Crippen LogP contribution in [0.1, 0.15) is 31.9 Å². The number of hydrogen-bond donors (Lipinski definition) is 0. The highest BCUT2D eigenvalue weighted by molar-refractivity contribution is 9.10. The van der Waals surface area contributed by atoms with E-state index in [-0.39, 0.29) is 11.2 Å². The van der Waals surface area contributed by atoms with Gasteiger partial charge in [-0.25, -0.2) is 9.79 Å². The van der Waals surface area contributed by atoms with E-state index in [1.165, 1.54) is 18.9 Å². The molecule has 5 nitrogen and oxygen atoms in total. The first kappa shape index (κ1) is 17.2. The van der Waals surface area contributed by atoms with E-state index in [1.807, 2.05) is 31.2 Å². The number of aliphatic imine (C=N–C) groups is 1. The van der Waals surface area contributed by atoms with Gasteiger partial charge in [-0.05, 0) is 31.0 Å². The summed E-state index contributed by atoms with van der Waals surface area (Å²) in [6.45, 7) is 3.76. The van der Waals surface area contributed by atoms with E-state index in [2.05, 4.69) is 20.9 Å². The number of amides is 1. The van der Waals surface area contributed by atoms with E-state index >= 15 is 0 Å². The third-order valence-electron chi connectivity index (χ3n) is 4.11. The Morgan fingerprint density at radius 1 is 1.38 bits per heavy atom. The van der Waals surface area contributed by atoms with Crippen LogP contribution in [0.5, 0.6) is 0 Å². The van der Waals surface area contributed by atoms with Gasteiger partial charge in [0, 0.05) is 4.47 Å². The van der Waals surface area contributed by atoms with Crippen LogP contribution in [-0.4, -0.2) is 34.3 Å². The predicted molar refractivity (Wildman–Crippen MR) is 97.6 cm³/mol. The van der Waals surface area contributed by atoms with Gasteiger partial charge in [-0.15, -0.1) is 0 Å². The Morgan fingerprint density at radius 3 is 2.62 bits per heavy atom. The number of carbonyl (C=O) groups is 2. The van der Waals surface area contributed by atoms with Gasteiger partial charge in [0.2, 0.25) is 5.91 Å². The molecule has 1 fully saturated rings. The summed E-state index contributed by atoms with van der Waals surface area (Å²) < 4.78 is 5.89. The Labute approximate surface area is 153 Å². The van der Waals surface area contributed by atoms with E-state index < -0.39 is 12.0 Å². The van der Waals surface area contributed by atoms with Crippen molar-refractivity contribution >= 4 is 44.7 Å². The van der Waals surface area contributed by atoms with Crippen molar-refractivity contribution in [1.29, 1.82) is 0 Å². The number of allylic oxidation sites excluding steroid dienone is 1. The second-order valence-electron chi connectivity index (χ2n) is 5.56. The second-order valence-corrected chi connectivity index (χ2v) is 7.65. The molecule has 7 heteroatoms. The summed E-state index contributed by atoms with van der Waals surface area (Å²) in [5.74, 6) is -0.468. The molecule has 0 bridgehead atoms. The van der Waals surface area contributed by atoms with Gasteiger partial charge in [0.15, 0.2) is 5.17 Å². The highest BCUT2D eigenvalue weighted by Gasteiger charge is 2.46. The Kier molecular flexibility index (Phi) is 4.83. The van der Waals surface area contributed by atoms with E-state index in [4.69, 9.17) is 4.74 Å².